The highest BCUT2D eigenvalue weighted by molar-refractivity contribution is 8.00. The van der Waals surface area contributed by atoms with Gasteiger partial charge in [-0.2, -0.15) is 0 Å². The summed E-state index contributed by atoms with van der Waals surface area (Å²) >= 11 is 1.86. The van der Waals surface area contributed by atoms with E-state index < -0.39 is 30.9 Å². The van der Waals surface area contributed by atoms with Crippen molar-refractivity contribution in [3.05, 3.63) is 120 Å². The van der Waals surface area contributed by atoms with Gasteiger partial charge in [0.05, 0.1) is 17.8 Å². The molecule has 0 aliphatic rings. The Kier molecular flexibility index (Phi) is 13.3. The maximum absolute atomic E-state index is 12.7. The number of thioether (sulfide) groups is 1. The second-order valence-corrected chi connectivity index (χ2v) is 19.3. The molecule has 3 aromatic carbocycles. The molecule has 0 spiro atoms. The van der Waals surface area contributed by atoms with E-state index in [4.69, 9.17) is 15.2 Å². The first-order valence-corrected chi connectivity index (χ1v) is 19.8. The number of carbonyl (C=O) groups excluding carboxylic acids is 2. The maximum atomic E-state index is 12.7. The molecule has 0 unspecified atom stereocenters. The highest BCUT2D eigenvalue weighted by Gasteiger charge is 2.36. The summed E-state index contributed by atoms with van der Waals surface area (Å²) in [6, 6.07) is 31.9. The molecule has 2 N–H and O–H groups in total. The molecule has 0 fully saturated rings. The van der Waals surface area contributed by atoms with Crippen molar-refractivity contribution in [3.63, 3.8) is 0 Å². The zero-order chi connectivity index (χ0) is 31.3. The third-order valence-electron chi connectivity index (χ3n) is 7.24. The van der Waals surface area contributed by atoms with Crippen molar-refractivity contribution >= 4 is 31.8 Å². The van der Waals surface area contributed by atoms with Crippen LogP contribution in [-0.4, -0.2) is 44.5 Å². The smallest absolute Gasteiger partial charge is 0.323 e. The van der Waals surface area contributed by atoms with Gasteiger partial charge < -0.3 is 15.2 Å². The molecule has 0 saturated carbocycles. The second-order valence-electron chi connectivity index (χ2n) is 12.3. The van der Waals surface area contributed by atoms with Crippen LogP contribution in [-0.2, 0) is 23.8 Å². The SMILES string of the molecule is CC(C)[C@H](N)C(=O)O[C@H](/C=C/CCSC(c1ccccc1)(c1ccccc1)c1ccccc1)CC(=O)OCC[Si](C)(C)C. The molecular formula is C36H47NO4SSi. The number of benzene rings is 3. The number of nitrogens with two attached hydrogens (primary N) is 1. The molecule has 0 aromatic heterocycles. The van der Waals surface area contributed by atoms with Crippen LogP contribution in [0.25, 0.3) is 0 Å². The number of esters is 2. The minimum absolute atomic E-state index is 0.0338. The van der Waals surface area contributed by atoms with E-state index in [0.717, 1.165) is 11.8 Å². The van der Waals surface area contributed by atoms with Crippen LogP contribution in [0.5, 0.6) is 0 Å². The quantitative estimate of drug-likeness (QED) is 0.0580. The van der Waals surface area contributed by atoms with E-state index in [1.165, 1.54) is 16.7 Å². The van der Waals surface area contributed by atoms with Crippen molar-refractivity contribution in [2.75, 3.05) is 12.4 Å². The van der Waals surface area contributed by atoms with Crippen molar-refractivity contribution < 1.29 is 19.1 Å². The summed E-state index contributed by atoms with van der Waals surface area (Å²) in [6.45, 7) is 10.8. The molecule has 0 aliphatic carbocycles. The molecule has 230 valence electrons. The summed E-state index contributed by atoms with van der Waals surface area (Å²) in [4.78, 5) is 25.3. The fourth-order valence-corrected chi connectivity index (χ4v) is 6.82. The summed E-state index contributed by atoms with van der Waals surface area (Å²) in [5.74, 6) is -0.156. The monoisotopic (exact) mass is 617 g/mol. The molecule has 0 saturated heterocycles. The predicted molar refractivity (Wildman–Crippen MR) is 182 cm³/mol. The van der Waals surface area contributed by atoms with Gasteiger partial charge in [0.1, 0.15) is 12.1 Å². The summed E-state index contributed by atoms with van der Waals surface area (Å²) in [5, 5.41) is 0. The van der Waals surface area contributed by atoms with E-state index >= 15 is 0 Å². The Morgan fingerprint density at radius 1 is 0.860 bits per heavy atom. The lowest BCUT2D eigenvalue weighted by Gasteiger charge is -2.35. The van der Waals surface area contributed by atoms with E-state index in [-0.39, 0.29) is 18.3 Å². The highest BCUT2D eigenvalue weighted by Crippen LogP contribution is 2.48. The molecule has 0 radical (unpaired) electrons. The van der Waals surface area contributed by atoms with Gasteiger partial charge in [-0.3, -0.25) is 9.59 Å². The first-order valence-electron chi connectivity index (χ1n) is 15.1. The van der Waals surface area contributed by atoms with E-state index in [1.807, 2.05) is 49.9 Å². The van der Waals surface area contributed by atoms with Crippen LogP contribution >= 0.6 is 11.8 Å². The summed E-state index contributed by atoms with van der Waals surface area (Å²) in [5.41, 5.74) is 9.66. The molecule has 0 amide bonds. The van der Waals surface area contributed by atoms with Gasteiger partial charge in [0.25, 0.3) is 0 Å². The fourth-order valence-electron chi connectivity index (χ4n) is 4.64. The van der Waals surface area contributed by atoms with Crippen molar-refractivity contribution in [1.29, 1.82) is 0 Å². The van der Waals surface area contributed by atoms with Crippen LogP contribution in [0.2, 0.25) is 25.7 Å². The molecule has 0 aliphatic heterocycles. The van der Waals surface area contributed by atoms with Crippen LogP contribution < -0.4 is 5.73 Å². The molecular weight excluding hydrogens is 571 g/mol. The van der Waals surface area contributed by atoms with Crippen LogP contribution in [0.15, 0.2) is 103 Å². The Labute approximate surface area is 263 Å². The van der Waals surface area contributed by atoms with Crippen LogP contribution in [0, 0.1) is 5.92 Å². The van der Waals surface area contributed by atoms with Gasteiger partial charge in [-0.15, -0.1) is 11.8 Å². The minimum Gasteiger partial charge on any atom is -0.466 e. The number of allylic oxidation sites excluding steroid dienone is 1. The third-order valence-corrected chi connectivity index (χ3v) is 10.5. The normalized spacial score (nSPS) is 13.6. The van der Waals surface area contributed by atoms with Gasteiger partial charge in [0.2, 0.25) is 0 Å². The van der Waals surface area contributed by atoms with Gasteiger partial charge in [-0.25, -0.2) is 0 Å². The Balaban J connectivity index is 1.78. The standard InChI is InChI=1S/C36H47NO4SSi/c1-28(2)34(37)35(39)41-32(27-33(38)40-24-26-43(3,4)5)23-15-16-25-42-36(29-17-9-6-10-18-29,30-19-11-7-12-20-30)31-21-13-8-14-22-31/h6-15,17-23,28,32,34H,16,24-27,37H2,1-5H3/b23-15+/t32-,34+/m1/s1. The summed E-state index contributed by atoms with van der Waals surface area (Å²) < 4.78 is 10.8. The van der Waals surface area contributed by atoms with Gasteiger partial charge in [0.15, 0.2) is 0 Å². The number of hydrogen-bond acceptors (Lipinski definition) is 6. The van der Waals surface area contributed by atoms with Gasteiger partial charge >= 0.3 is 11.9 Å². The zero-order valence-electron chi connectivity index (χ0n) is 26.2. The largest absolute Gasteiger partial charge is 0.466 e. The average molecular weight is 618 g/mol. The summed E-state index contributed by atoms with van der Waals surface area (Å²) in [7, 11) is -1.33. The molecule has 5 nitrogen and oxygen atoms in total. The Morgan fingerprint density at radius 3 is 1.79 bits per heavy atom. The number of ether oxygens (including phenoxy) is 2. The molecule has 43 heavy (non-hydrogen) atoms. The fraction of sp³-hybridized carbons (Fsp3) is 0.389. The van der Waals surface area contributed by atoms with E-state index in [0.29, 0.717) is 13.0 Å². The Hall–Kier alpha value is -3.13. The maximum Gasteiger partial charge on any atom is 0.323 e. The minimum atomic E-state index is -1.33. The Morgan fingerprint density at radius 2 is 1.35 bits per heavy atom. The predicted octanol–water partition coefficient (Wildman–Crippen LogP) is 7.82. The first-order chi connectivity index (χ1) is 20.5. The lowest BCUT2D eigenvalue weighted by molar-refractivity contribution is -0.154. The topological polar surface area (TPSA) is 78.6 Å². The molecule has 0 bridgehead atoms. The lowest BCUT2D eigenvalue weighted by Crippen LogP contribution is -2.39. The van der Waals surface area contributed by atoms with E-state index in [1.54, 1.807) is 6.08 Å². The first kappa shape index (κ1) is 34.4. The molecule has 0 heterocycles. The van der Waals surface area contributed by atoms with Crippen LogP contribution in [0.4, 0.5) is 0 Å². The molecule has 2 atom stereocenters. The zero-order valence-corrected chi connectivity index (χ0v) is 28.0. The molecule has 7 heteroatoms. The van der Waals surface area contributed by atoms with E-state index in [9.17, 15) is 9.59 Å². The average Bonchev–Trinajstić information content (AvgIpc) is 2.99. The van der Waals surface area contributed by atoms with Gasteiger partial charge in [-0.05, 0) is 46.9 Å². The summed E-state index contributed by atoms with van der Waals surface area (Å²) in [6.07, 6.45) is 3.75. The number of carbonyl (C=O) groups is 2. The van der Waals surface area contributed by atoms with Crippen LogP contribution in [0.3, 0.4) is 0 Å². The van der Waals surface area contributed by atoms with Gasteiger partial charge in [-0.1, -0.05) is 131 Å². The number of hydrogen-bond donors (Lipinski definition) is 1. The molecule has 3 aromatic rings. The van der Waals surface area contributed by atoms with Crippen molar-refractivity contribution in [2.45, 2.75) is 69.3 Å². The van der Waals surface area contributed by atoms with Crippen molar-refractivity contribution in [1.82, 2.24) is 0 Å². The number of rotatable bonds is 16. The van der Waals surface area contributed by atoms with Crippen LogP contribution in [0.1, 0.15) is 43.4 Å². The van der Waals surface area contributed by atoms with Crippen molar-refractivity contribution in [3.8, 4) is 0 Å². The lowest BCUT2D eigenvalue weighted by atomic mass is 9.84. The third kappa shape index (κ3) is 10.5. The van der Waals surface area contributed by atoms with E-state index in [2.05, 4.69) is 92.4 Å². The Bertz CT molecular complexity index is 1200. The second kappa shape index (κ2) is 16.6. The molecule has 3 rings (SSSR count). The highest BCUT2D eigenvalue weighted by atomic mass is 32.2. The van der Waals surface area contributed by atoms with Crippen molar-refractivity contribution in [2.24, 2.45) is 11.7 Å². The van der Waals surface area contributed by atoms with Gasteiger partial charge in [0, 0.05) is 8.07 Å².